The van der Waals surface area contributed by atoms with Crippen molar-refractivity contribution in [2.75, 3.05) is 47.4 Å². The Morgan fingerprint density at radius 2 is 1.88 bits per heavy atom. The van der Waals surface area contributed by atoms with Crippen LogP contribution in [0.3, 0.4) is 0 Å². The molecule has 0 saturated carbocycles. The van der Waals surface area contributed by atoms with Crippen LogP contribution < -0.4 is 0 Å². The van der Waals surface area contributed by atoms with Gasteiger partial charge in [0, 0.05) is 26.2 Å². The average molecular weight is 232 g/mol. The lowest BCUT2D eigenvalue weighted by atomic mass is 10.2. The first kappa shape index (κ1) is 15.3. The molecule has 96 valence electrons. The van der Waals surface area contributed by atoms with E-state index in [0.717, 1.165) is 19.6 Å². The maximum absolute atomic E-state index is 10.8. The minimum absolute atomic E-state index is 0.443. The number of hydrogen-bond donors (Lipinski definition) is 1. The van der Waals surface area contributed by atoms with Crippen molar-refractivity contribution in [1.82, 2.24) is 9.80 Å². The van der Waals surface area contributed by atoms with Crippen LogP contribution >= 0.6 is 0 Å². The Morgan fingerprint density at radius 3 is 2.31 bits per heavy atom. The number of rotatable bonds is 9. The number of ether oxygens (including phenoxy) is 1. The Bertz CT molecular complexity index is 198. The summed E-state index contributed by atoms with van der Waals surface area (Å²) in [6.07, 6.45) is -0.139. The van der Waals surface area contributed by atoms with Gasteiger partial charge in [-0.3, -0.25) is 0 Å². The number of carboxylic acid groups (broad SMARTS) is 1. The SMILES string of the molecule is CCOC(CCN(C)CCN(C)C)C(=O)O. The molecule has 5 heteroatoms. The highest BCUT2D eigenvalue weighted by molar-refractivity contribution is 5.72. The molecule has 0 aromatic rings. The predicted octanol–water partition coefficient (Wildman–Crippen LogP) is 0.360. The molecule has 0 aliphatic rings. The van der Waals surface area contributed by atoms with Crippen LogP contribution in [0.25, 0.3) is 0 Å². The number of carboxylic acids is 1. The fourth-order valence-electron chi connectivity index (χ4n) is 1.30. The van der Waals surface area contributed by atoms with E-state index in [9.17, 15) is 4.79 Å². The second kappa shape index (κ2) is 8.50. The zero-order chi connectivity index (χ0) is 12.6. The quantitative estimate of drug-likeness (QED) is 0.622. The number of nitrogens with zero attached hydrogens (tertiary/aromatic N) is 2. The van der Waals surface area contributed by atoms with Gasteiger partial charge in [-0.2, -0.15) is 0 Å². The molecule has 0 bridgehead atoms. The van der Waals surface area contributed by atoms with Crippen LogP contribution in [0.15, 0.2) is 0 Å². The molecule has 5 nitrogen and oxygen atoms in total. The van der Waals surface area contributed by atoms with E-state index in [2.05, 4.69) is 9.80 Å². The topological polar surface area (TPSA) is 53.0 Å². The normalized spacial score (nSPS) is 13.4. The van der Waals surface area contributed by atoms with Crippen molar-refractivity contribution in [3.05, 3.63) is 0 Å². The van der Waals surface area contributed by atoms with E-state index in [1.165, 1.54) is 0 Å². The van der Waals surface area contributed by atoms with E-state index >= 15 is 0 Å². The second-order valence-corrected chi connectivity index (χ2v) is 4.18. The molecule has 0 aromatic heterocycles. The van der Waals surface area contributed by atoms with Gasteiger partial charge in [-0.1, -0.05) is 0 Å². The first-order valence-electron chi connectivity index (χ1n) is 5.65. The third-order valence-electron chi connectivity index (χ3n) is 2.35. The van der Waals surface area contributed by atoms with Crippen molar-refractivity contribution in [2.24, 2.45) is 0 Å². The molecule has 1 N–H and O–H groups in total. The van der Waals surface area contributed by atoms with Crippen molar-refractivity contribution in [1.29, 1.82) is 0 Å². The fraction of sp³-hybridized carbons (Fsp3) is 0.909. The van der Waals surface area contributed by atoms with Crippen LogP contribution in [0.2, 0.25) is 0 Å². The number of hydrogen-bond acceptors (Lipinski definition) is 4. The third kappa shape index (κ3) is 7.62. The molecular formula is C11H24N2O3. The molecule has 0 saturated heterocycles. The summed E-state index contributed by atoms with van der Waals surface area (Å²) in [5, 5.41) is 8.88. The Hall–Kier alpha value is -0.650. The fourth-order valence-corrected chi connectivity index (χ4v) is 1.30. The lowest BCUT2D eigenvalue weighted by molar-refractivity contribution is -0.150. The first-order valence-corrected chi connectivity index (χ1v) is 5.65. The van der Waals surface area contributed by atoms with Gasteiger partial charge in [0.1, 0.15) is 0 Å². The smallest absolute Gasteiger partial charge is 0.332 e. The minimum Gasteiger partial charge on any atom is -0.479 e. The highest BCUT2D eigenvalue weighted by Crippen LogP contribution is 2.00. The van der Waals surface area contributed by atoms with Crippen molar-refractivity contribution in [3.63, 3.8) is 0 Å². The molecule has 1 unspecified atom stereocenters. The van der Waals surface area contributed by atoms with Gasteiger partial charge in [-0.15, -0.1) is 0 Å². The third-order valence-corrected chi connectivity index (χ3v) is 2.35. The van der Waals surface area contributed by atoms with Crippen LogP contribution in [0.4, 0.5) is 0 Å². The summed E-state index contributed by atoms with van der Waals surface area (Å²) in [6, 6.07) is 0. The van der Waals surface area contributed by atoms with Crippen molar-refractivity contribution in [2.45, 2.75) is 19.4 Å². The summed E-state index contributed by atoms with van der Waals surface area (Å²) in [6.45, 7) is 4.91. The van der Waals surface area contributed by atoms with Crippen LogP contribution in [-0.2, 0) is 9.53 Å². The molecule has 0 aromatic carbocycles. The molecule has 1 atom stereocenters. The molecule has 0 rings (SSSR count). The first-order chi connectivity index (χ1) is 7.47. The zero-order valence-electron chi connectivity index (χ0n) is 10.8. The molecule has 0 radical (unpaired) electrons. The summed E-state index contributed by atoms with van der Waals surface area (Å²) in [5.41, 5.74) is 0. The Morgan fingerprint density at radius 1 is 1.25 bits per heavy atom. The van der Waals surface area contributed by atoms with E-state index in [4.69, 9.17) is 9.84 Å². The number of likely N-dealkylation sites (N-methyl/N-ethyl adjacent to an activating group) is 2. The van der Waals surface area contributed by atoms with Gasteiger partial charge in [0.15, 0.2) is 6.10 Å². The van der Waals surface area contributed by atoms with E-state index < -0.39 is 12.1 Å². The van der Waals surface area contributed by atoms with Gasteiger partial charge in [-0.25, -0.2) is 4.79 Å². The minimum atomic E-state index is -0.872. The molecule has 0 aliphatic heterocycles. The summed E-state index contributed by atoms with van der Waals surface area (Å²) >= 11 is 0. The van der Waals surface area contributed by atoms with Crippen LogP contribution in [0, 0.1) is 0 Å². The monoisotopic (exact) mass is 232 g/mol. The Kier molecular flexibility index (Phi) is 8.15. The van der Waals surface area contributed by atoms with Crippen LogP contribution in [0.5, 0.6) is 0 Å². The Balaban J connectivity index is 3.77. The van der Waals surface area contributed by atoms with E-state index in [1.807, 2.05) is 28.1 Å². The molecule has 0 fully saturated rings. The number of carbonyl (C=O) groups is 1. The van der Waals surface area contributed by atoms with E-state index in [-0.39, 0.29) is 0 Å². The van der Waals surface area contributed by atoms with Crippen LogP contribution in [0.1, 0.15) is 13.3 Å². The summed E-state index contributed by atoms with van der Waals surface area (Å²) in [4.78, 5) is 15.0. The van der Waals surface area contributed by atoms with Crippen molar-refractivity contribution >= 4 is 5.97 Å². The van der Waals surface area contributed by atoms with Crippen LogP contribution in [-0.4, -0.2) is 74.4 Å². The van der Waals surface area contributed by atoms with Gasteiger partial charge in [0.05, 0.1) is 0 Å². The van der Waals surface area contributed by atoms with E-state index in [1.54, 1.807) is 0 Å². The maximum atomic E-state index is 10.8. The summed E-state index contributed by atoms with van der Waals surface area (Å²) < 4.78 is 5.14. The lowest BCUT2D eigenvalue weighted by Crippen LogP contribution is -2.33. The zero-order valence-corrected chi connectivity index (χ0v) is 10.8. The molecule has 0 amide bonds. The second-order valence-electron chi connectivity index (χ2n) is 4.18. The van der Waals surface area contributed by atoms with Gasteiger partial charge >= 0.3 is 5.97 Å². The van der Waals surface area contributed by atoms with Crippen molar-refractivity contribution < 1.29 is 14.6 Å². The predicted molar refractivity (Wildman–Crippen MR) is 63.7 cm³/mol. The van der Waals surface area contributed by atoms with Gasteiger partial charge in [0.25, 0.3) is 0 Å². The summed E-state index contributed by atoms with van der Waals surface area (Å²) in [7, 11) is 6.04. The lowest BCUT2D eigenvalue weighted by Gasteiger charge is -2.21. The highest BCUT2D eigenvalue weighted by Gasteiger charge is 2.17. The molecule has 0 heterocycles. The van der Waals surface area contributed by atoms with Gasteiger partial charge in [-0.05, 0) is 34.5 Å². The molecule has 16 heavy (non-hydrogen) atoms. The molecule has 0 spiro atoms. The maximum Gasteiger partial charge on any atom is 0.332 e. The van der Waals surface area contributed by atoms with Gasteiger partial charge in [0.2, 0.25) is 0 Å². The average Bonchev–Trinajstić information content (AvgIpc) is 2.20. The molecular weight excluding hydrogens is 208 g/mol. The Labute approximate surface area is 98.0 Å². The highest BCUT2D eigenvalue weighted by atomic mass is 16.5. The molecule has 0 aliphatic carbocycles. The number of aliphatic carboxylic acids is 1. The van der Waals surface area contributed by atoms with Crippen molar-refractivity contribution in [3.8, 4) is 0 Å². The van der Waals surface area contributed by atoms with E-state index in [0.29, 0.717) is 13.0 Å². The largest absolute Gasteiger partial charge is 0.479 e. The summed E-state index contributed by atoms with van der Waals surface area (Å²) in [5.74, 6) is -0.872. The van der Waals surface area contributed by atoms with Gasteiger partial charge < -0.3 is 19.6 Å². The standard InChI is InChI=1S/C11H24N2O3/c1-5-16-10(11(14)15)6-7-13(4)9-8-12(2)3/h10H,5-9H2,1-4H3,(H,14,15).